The molecule has 0 saturated heterocycles. The van der Waals surface area contributed by atoms with Crippen molar-refractivity contribution >= 4 is 11.6 Å². The molecule has 4 heteroatoms. The van der Waals surface area contributed by atoms with E-state index in [9.17, 15) is 0 Å². The first-order chi connectivity index (χ1) is 7.54. The summed E-state index contributed by atoms with van der Waals surface area (Å²) in [6.07, 6.45) is 3.48. The van der Waals surface area contributed by atoms with Gasteiger partial charge in [0.25, 0.3) is 0 Å². The van der Waals surface area contributed by atoms with Crippen LogP contribution in [-0.2, 0) is 6.42 Å². The van der Waals surface area contributed by atoms with Gasteiger partial charge < -0.3 is 11.1 Å². The Bertz CT molecular complexity index is 336. The van der Waals surface area contributed by atoms with Gasteiger partial charge >= 0.3 is 0 Å². The molecule has 0 spiro atoms. The maximum atomic E-state index is 5.82. The summed E-state index contributed by atoms with van der Waals surface area (Å²) in [5, 5.41) is 3.40. The van der Waals surface area contributed by atoms with Crippen LogP contribution in [0.3, 0.4) is 0 Å². The zero-order valence-corrected chi connectivity index (χ0v) is 10.6. The van der Waals surface area contributed by atoms with E-state index in [1.165, 1.54) is 6.33 Å². The molecule has 0 aliphatic heterocycles. The van der Waals surface area contributed by atoms with Gasteiger partial charge in [-0.1, -0.05) is 20.8 Å². The van der Waals surface area contributed by atoms with E-state index in [-0.39, 0.29) is 0 Å². The topological polar surface area (TPSA) is 63.8 Å². The molecule has 16 heavy (non-hydrogen) atoms. The predicted molar refractivity (Wildman–Crippen MR) is 68.4 cm³/mol. The smallest absolute Gasteiger partial charge is 0.134 e. The molecule has 4 nitrogen and oxygen atoms in total. The molecule has 1 aromatic heterocycles. The van der Waals surface area contributed by atoms with Gasteiger partial charge in [-0.15, -0.1) is 0 Å². The number of hydrogen-bond donors (Lipinski definition) is 2. The van der Waals surface area contributed by atoms with Gasteiger partial charge in [0.2, 0.25) is 0 Å². The third-order valence-corrected chi connectivity index (χ3v) is 2.54. The number of aromatic nitrogens is 2. The van der Waals surface area contributed by atoms with Crippen LogP contribution in [0.15, 0.2) is 6.33 Å². The van der Waals surface area contributed by atoms with Crippen LogP contribution < -0.4 is 11.1 Å². The van der Waals surface area contributed by atoms with Gasteiger partial charge in [0.15, 0.2) is 0 Å². The SMILES string of the molecule is CCc1c(N)ncnc1NC(C)CC(C)C. The van der Waals surface area contributed by atoms with Crippen LogP contribution in [0.1, 0.15) is 39.7 Å². The van der Waals surface area contributed by atoms with E-state index in [0.29, 0.717) is 17.8 Å². The second-order valence-electron chi connectivity index (χ2n) is 4.61. The fourth-order valence-corrected chi connectivity index (χ4v) is 1.90. The van der Waals surface area contributed by atoms with Crippen LogP contribution in [-0.4, -0.2) is 16.0 Å². The molecule has 3 N–H and O–H groups in total. The summed E-state index contributed by atoms with van der Waals surface area (Å²) in [6.45, 7) is 8.66. The van der Waals surface area contributed by atoms with Crippen molar-refractivity contribution in [1.82, 2.24) is 9.97 Å². The van der Waals surface area contributed by atoms with Crippen molar-refractivity contribution in [1.29, 1.82) is 0 Å². The van der Waals surface area contributed by atoms with E-state index in [0.717, 1.165) is 24.2 Å². The highest BCUT2D eigenvalue weighted by molar-refractivity contribution is 5.55. The molecular formula is C12H22N4. The van der Waals surface area contributed by atoms with Gasteiger partial charge in [-0.05, 0) is 25.7 Å². The summed E-state index contributed by atoms with van der Waals surface area (Å²) in [4.78, 5) is 8.26. The quantitative estimate of drug-likeness (QED) is 0.803. The highest BCUT2D eigenvalue weighted by Gasteiger charge is 2.10. The summed E-state index contributed by atoms with van der Waals surface area (Å²) in [5.41, 5.74) is 6.83. The van der Waals surface area contributed by atoms with Crippen LogP contribution >= 0.6 is 0 Å². The molecule has 0 aliphatic carbocycles. The molecule has 1 aromatic rings. The predicted octanol–water partition coefficient (Wildman–Crippen LogP) is 2.47. The second-order valence-corrected chi connectivity index (χ2v) is 4.61. The molecule has 1 atom stereocenters. The average Bonchev–Trinajstić information content (AvgIpc) is 2.16. The second kappa shape index (κ2) is 5.68. The van der Waals surface area contributed by atoms with Crippen LogP contribution in [0.25, 0.3) is 0 Å². The zero-order valence-electron chi connectivity index (χ0n) is 10.6. The van der Waals surface area contributed by atoms with E-state index in [1.54, 1.807) is 0 Å². The first kappa shape index (κ1) is 12.7. The lowest BCUT2D eigenvalue weighted by Crippen LogP contribution is -2.20. The van der Waals surface area contributed by atoms with E-state index >= 15 is 0 Å². The number of nitrogens with one attached hydrogen (secondary N) is 1. The molecule has 1 heterocycles. The number of nitrogens with zero attached hydrogens (tertiary/aromatic N) is 2. The lowest BCUT2D eigenvalue weighted by Gasteiger charge is -2.18. The minimum atomic E-state index is 0.402. The minimum Gasteiger partial charge on any atom is -0.383 e. The molecule has 0 saturated carbocycles. The summed E-state index contributed by atoms with van der Waals surface area (Å²) in [6, 6.07) is 0.402. The van der Waals surface area contributed by atoms with Crippen molar-refractivity contribution in [3.8, 4) is 0 Å². The fraction of sp³-hybridized carbons (Fsp3) is 0.667. The number of nitrogen functional groups attached to an aromatic ring is 1. The molecule has 0 radical (unpaired) electrons. The largest absolute Gasteiger partial charge is 0.383 e. The number of rotatable bonds is 5. The fourth-order valence-electron chi connectivity index (χ4n) is 1.90. The van der Waals surface area contributed by atoms with Crippen molar-refractivity contribution in [3.05, 3.63) is 11.9 Å². The van der Waals surface area contributed by atoms with Crippen LogP contribution in [0.4, 0.5) is 11.6 Å². The first-order valence-corrected chi connectivity index (χ1v) is 5.90. The van der Waals surface area contributed by atoms with Crippen molar-refractivity contribution in [2.75, 3.05) is 11.1 Å². The summed E-state index contributed by atoms with van der Waals surface area (Å²) >= 11 is 0. The van der Waals surface area contributed by atoms with Crippen LogP contribution in [0.5, 0.6) is 0 Å². The maximum absolute atomic E-state index is 5.82. The van der Waals surface area contributed by atoms with Crippen LogP contribution in [0.2, 0.25) is 0 Å². The van der Waals surface area contributed by atoms with Gasteiger partial charge in [0, 0.05) is 11.6 Å². The Morgan fingerprint density at radius 2 is 2.00 bits per heavy atom. The molecule has 0 aromatic carbocycles. The Morgan fingerprint density at radius 3 is 2.56 bits per heavy atom. The standard InChI is InChI=1S/C12H22N4/c1-5-10-11(13)14-7-15-12(10)16-9(4)6-8(2)3/h7-9H,5-6H2,1-4H3,(H3,13,14,15,16). The van der Waals surface area contributed by atoms with Gasteiger partial charge in [0.05, 0.1) is 0 Å². The Hall–Kier alpha value is -1.32. The van der Waals surface area contributed by atoms with Gasteiger partial charge in [-0.2, -0.15) is 0 Å². The highest BCUT2D eigenvalue weighted by Crippen LogP contribution is 2.19. The van der Waals surface area contributed by atoms with E-state index < -0.39 is 0 Å². The number of nitrogens with two attached hydrogens (primary N) is 1. The molecular weight excluding hydrogens is 200 g/mol. The Balaban J connectivity index is 2.76. The molecule has 0 aliphatic rings. The molecule has 0 amide bonds. The Labute approximate surface area is 97.7 Å². The Kier molecular flexibility index (Phi) is 4.52. The maximum Gasteiger partial charge on any atom is 0.134 e. The summed E-state index contributed by atoms with van der Waals surface area (Å²) < 4.78 is 0. The van der Waals surface area contributed by atoms with E-state index in [4.69, 9.17) is 5.73 Å². The van der Waals surface area contributed by atoms with Crippen molar-refractivity contribution in [2.24, 2.45) is 5.92 Å². The normalized spacial score (nSPS) is 12.8. The Morgan fingerprint density at radius 1 is 1.31 bits per heavy atom. The third-order valence-electron chi connectivity index (χ3n) is 2.54. The monoisotopic (exact) mass is 222 g/mol. The summed E-state index contributed by atoms with van der Waals surface area (Å²) in [5.74, 6) is 2.13. The third kappa shape index (κ3) is 3.36. The first-order valence-electron chi connectivity index (χ1n) is 5.90. The van der Waals surface area contributed by atoms with Crippen molar-refractivity contribution < 1.29 is 0 Å². The van der Waals surface area contributed by atoms with Crippen molar-refractivity contribution in [2.45, 2.75) is 46.6 Å². The molecule has 1 rings (SSSR count). The highest BCUT2D eigenvalue weighted by atomic mass is 15.1. The molecule has 1 unspecified atom stereocenters. The lowest BCUT2D eigenvalue weighted by atomic mass is 10.1. The molecule has 0 fully saturated rings. The van der Waals surface area contributed by atoms with Crippen molar-refractivity contribution in [3.63, 3.8) is 0 Å². The van der Waals surface area contributed by atoms with Crippen LogP contribution in [0, 0.1) is 5.92 Å². The van der Waals surface area contributed by atoms with E-state index in [2.05, 4.69) is 43.0 Å². The molecule has 90 valence electrons. The van der Waals surface area contributed by atoms with Gasteiger partial charge in [0.1, 0.15) is 18.0 Å². The number of anilines is 2. The minimum absolute atomic E-state index is 0.402. The summed E-state index contributed by atoms with van der Waals surface area (Å²) in [7, 11) is 0. The average molecular weight is 222 g/mol. The van der Waals surface area contributed by atoms with E-state index in [1.807, 2.05) is 0 Å². The van der Waals surface area contributed by atoms with Gasteiger partial charge in [-0.3, -0.25) is 0 Å². The zero-order chi connectivity index (χ0) is 12.1. The number of hydrogen-bond acceptors (Lipinski definition) is 4. The van der Waals surface area contributed by atoms with Gasteiger partial charge in [-0.25, -0.2) is 9.97 Å². The molecule has 0 bridgehead atoms. The lowest BCUT2D eigenvalue weighted by molar-refractivity contribution is 0.538.